The molecule has 14 heteroatoms. The van der Waals surface area contributed by atoms with Crippen molar-refractivity contribution in [3.05, 3.63) is 64.7 Å². The van der Waals surface area contributed by atoms with Gasteiger partial charge in [0.2, 0.25) is 0 Å². The molecule has 0 aliphatic heterocycles. The zero-order valence-corrected chi connectivity index (χ0v) is 20.2. The number of carbonyl (C=O) groups excluding carboxylic acids is 2. The van der Waals surface area contributed by atoms with Gasteiger partial charge in [0.15, 0.2) is 32.2 Å². The Balaban J connectivity index is 0.00000196. The van der Waals surface area contributed by atoms with E-state index in [0.29, 0.717) is 0 Å². The second-order valence-electron chi connectivity index (χ2n) is 5.17. The Hall–Kier alpha value is -0.640. The Bertz CT molecular complexity index is 1170. The number of anilines is 1. The molecule has 28 heavy (non-hydrogen) atoms. The monoisotopic (exact) mass is 442 g/mol. The number of fused-ring (bicyclic) bond motifs is 2. The van der Waals surface area contributed by atoms with Crippen LogP contribution in [0.25, 0.3) is 0 Å². The van der Waals surface area contributed by atoms with Crippen molar-refractivity contribution in [3.8, 4) is 0 Å². The fourth-order valence-electron chi connectivity index (χ4n) is 2.61. The summed E-state index contributed by atoms with van der Waals surface area (Å²) in [6, 6.07) is 9.00. The molecule has 0 amide bonds. The Labute approximate surface area is 204 Å². The van der Waals surface area contributed by atoms with Crippen LogP contribution in [0.2, 0.25) is 0 Å². The largest absolute Gasteiger partial charge is 1.00 e. The van der Waals surface area contributed by atoms with Crippen molar-refractivity contribution in [3.63, 3.8) is 0 Å². The number of benzene rings is 2. The van der Waals surface area contributed by atoms with Crippen LogP contribution < -0.4 is 68.4 Å². The zero-order chi connectivity index (χ0) is 19.3. The fraction of sp³-hybridized carbons (Fsp3) is 0. The van der Waals surface area contributed by atoms with Crippen LogP contribution in [-0.2, 0) is 20.6 Å². The van der Waals surface area contributed by atoms with Gasteiger partial charge >= 0.3 is 59.1 Å². The van der Waals surface area contributed by atoms with Crippen LogP contribution in [0, 0.1) is 0 Å². The quantitative estimate of drug-likeness (QED) is 0.237. The van der Waals surface area contributed by atoms with Gasteiger partial charge in [0.1, 0.15) is 0 Å². The predicted octanol–water partition coefficient (Wildman–Crippen LogP) is -6.30. The van der Waals surface area contributed by atoms with Crippen LogP contribution in [0.3, 0.4) is 0 Å². The summed E-state index contributed by atoms with van der Waals surface area (Å²) in [5.41, 5.74) is -1.46. The molecule has 0 radical (unpaired) electrons. The summed E-state index contributed by atoms with van der Waals surface area (Å²) in [7, 11) is -11.0. The van der Waals surface area contributed by atoms with Crippen LogP contribution in [0.5, 0.6) is 0 Å². The number of carbonyl (C=O) groups is 2. The van der Waals surface area contributed by atoms with Crippen molar-refractivity contribution in [1.29, 1.82) is 0 Å². The maximum absolute atomic E-state index is 12.7. The zero-order valence-electron chi connectivity index (χ0n) is 14.6. The van der Waals surface area contributed by atoms with Gasteiger partial charge in [0.05, 0.1) is 11.3 Å². The van der Waals surface area contributed by atoms with E-state index in [4.69, 9.17) is 0 Å². The second kappa shape index (κ2) is 9.02. The molecule has 0 unspecified atom stereocenters. The molecule has 1 aliphatic carbocycles. The van der Waals surface area contributed by atoms with Gasteiger partial charge in [-0.1, -0.05) is 36.4 Å². The molecular formula is C14H8N2Na2O8S2. The first-order valence-electron chi connectivity index (χ1n) is 6.81. The van der Waals surface area contributed by atoms with Crippen molar-refractivity contribution in [2.75, 3.05) is 4.41 Å². The third-order valence-electron chi connectivity index (χ3n) is 3.57. The van der Waals surface area contributed by atoms with E-state index in [9.17, 15) is 35.5 Å². The molecule has 0 bridgehead atoms. The molecule has 0 saturated carbocycles. The van der Waals surface area contributed by atoms with Crippen molar-refractivity contribution < 1.29 is 94.6 Å². The SMILES string of the molecule is O=C1c2ccccc2C(=O)c2c1cccc2N(NS(=O)(=O)[O-])S(=O)(=O)[O-].[Na+].[Na+]. The van der Waals surface area contributed by atoms with Crippen molar-refractivity contribution in [1.82, 2.24) is 4.83 Å². The molecule has 1 N–H and O–H groups in total. The van der Waals surface area contributed by atoms with Crippen LogP contribution in [0.15, 0.2) is 42.5 Å². The standard InChI is InChI=1S/C14H10N2O8S2.2Na/c17-13-8-4-1-2-5-9(8)14(18)12-10(13)6-3-7-11(12)16(26(22,23)24)15-25(19,20)21;;/h1-7,15H,(H,19,20,21)(H,22,23,24);;/q;2*+1/p-2. The van der Waals surface area contributed by atoms with E-state index in [1.165, 1.54) is 30.3 Å². The molecule has 2 aromatic carbocycles. The van der Waals surface area contributed by atoms with Crippen molar-refractivity contribution in [2.45, 2.75) is 0 Å². The summed E-state index contributed by atoms with van der Waals surface area (Å²) >= 11 is 0. The molecular weight excluding hydrogens is 434 g/mol. The molecule has 0 aromatic heterocycles. The Morgan fingerprint density at radius 2 is 1.25 bits per heavy atom. The van der Waals surface area contributed by atoms with Gasteiger partial charge in [0.25, 0.3) is 0 Å². The van der Waals surface area contributed by atoms with Crippen LogP contribution in [0.1, 0.15) is 31.8 Å². The van der Waals surface area contributed by atoms with E-state index in [2.05, 4.69) is 0 Å². The first kappa shape index (κ1) is 25.4. The minimum Gasteiger partial charge on any atom is -0.734 e. The molecule has 1 aliphatic rings. The smallest absolute Gasteiger partial charge is 0.734 e. The van der Waals surface area contributed by atoms with Crippen LogP contribution in [-0.4, -0.2) is 37.5 Å². The summed E-state index contributed by atoms with van der Waals surface area (Å²) in [4.78, 5) is 26.3. The van der Waals surface area contributed by atoms with E-state index >= 15 is 0 Å². The van der Waals surface area contributed by atoms with Gasteiger partial charge in [-0.05, 0) is 6.07 Å². The van der Waals surface area contributed by atoms with E-state index < -0.39 is 47.8 Å². The number of nitrogens with one attached hydrogen (secondary N) is 1. The topological polar surface area (TPSA) is 164 Å². The molecule has 2 aromatic rings. The minimum atomic E-state index is -5.57. The molecule has 0 fully saturated rings. The van der Waals surface area contributed by atoms with E-state index in [0.717, 1.165) is 17.0 Å². The molecule has 0 saturated heterocycles. The average Bonchev–Trinajstić information content (AvgIpc) is 2.55. The maximum Gasteiger partial charge on any atom is 1.00 e. The van der Waals surface area contributed by atoms with Gasteiger partial charge in [-0.2, -0.15) is 4.41 Å². The Kier molecular flexibility index (Phi) is 8.18. The number of hydrogen-bond donors (Lipinski definition) is 1. The van der Waals surface area contributed by atoms with Gasteiger partial charge in [-0.3, -0.25) is 9.59 Å². The summed E-state index contributed by atoms with van der Waals surface area (Å²) < 4.78 is 66.6. The predicted molar refractivity (Wildman–Crippen MR) is 84.8 cm³/mol. The van der Waals surface area contributed by atoms with Gasteiger partial charge < -0.3 is 9.11 Å². The van der Waals surface area contributed by atoms with Crippen molar-refractivity contribution >= 4 is 37.9 Å². The van der Waals surface area contributed by atoms with E-state index in [-0.39, 0.29) is 75.8 Å². The normalized spacial score (nSPS) is 12.9. The van der Waals surface area contributed by atoms with Gasteiger partial charge in [-0.15, -0.1) is 4.83 Å². The molecule has 0 atom stereocenters. The first-order chi connectivity index (χ1) is 12.0. The third kappa shape index (κ3) is 4.91. The second-order valence-corrected chi connectivity index (χ2v) is 7.48. The molecule has 0 heterocycles. The fourth-order valence-corrected chi connectivity index (χ4v) is 3.95. The minimum absolute atomic E-state index is 0. The van der Waals surface area contributed by atoms with Gasteiger partial charge in [0, 0.05) is 16.7 Å². The van der Waals surface area contributed by atoms with Crippen LogP contribution in [0.4, 0.5) is 5.69 Å². The number of nitrogens with zero attached hydrogens (tertiary/aromatic N) is 1. The molecule has 136 valence electrons. The van der Waals surface area contributed by atoms with Crippen molar-refractivity contribution in [2.24, 2.45) is 0 Å². The Morgan fingerprint density at radius 1 is 0.750 bits per heavy atom. The first-order valence-corrected chi connectivity index (χ1v) is 9.59. The summed E-state index contributed by atoms with van der Waals surface area (Å²) in [5, 5.41) is 0. The third-order valence-corrected chi connectivity index (χ3v) is 4.82. The maximum atomic E-state index is 12.7. The van der Waals surface area contributed by atoms with Crippen LogP contribution >= 0.6 is 0 Å². The molecule has 0 spiro atoms. The Morgan fingerprint density at radius 3 is 1.75 bits per heavy atom. The number of hydrogen-bond acceptors (Lipinski definition) is 8. The molecule has 10 nitrogen and oxygen atoms in total. The summed E-state index contributed by atoms with van der Waals surface area (Å²) in [5.74, 6) is -1.42. The van der Waals surface area contributed by atoms with E-state index in [1.807, 2.05) is 0 Å². The number of ketones is 2. The molecule has 3 rings (SSSR count). The summed E-state index contributed by atoms with van der Waals surface area (Å²) in [6.07, 6.45) is 0. The number of rotatable bonds is 4. The average molecular weight is 442 g/mol. The summed E-state index contributed by atoms with van der Waals surface area (Å²) in [6.45, 7) is 0. The van der Waals surface area contributed by atoms with E-state index in [1.54, 1.807) is 0 Å². The number of hydrazine groups is 1. The van der Waals surface area contributed by atoms with Gasteiger partial charge in [-0.25, -0.2) is 16.8 Å².